The summed E-state index contributed by atoms with van der Waals surface area (Å²) >= 11 is 0. The molecule has 0 aromatic heterocycles. The summed E-state index contributed by atoms with van der Waals surface area (Å²) < 4.78 is 11.4. The molecule has 2 saturated heterocycles. The lowest BCUT2D eigenvalue weighted by Gasteiger charge is -2.35. The van der Waals surface area contributed by atoms with E-state index in [0.717, 1.165) is 38.7 Å². The molecule has 2 atom stereocenters. The van der Waals surface area contributed by atoms with Crippen LogP contribution in [-0.4, -0.2) is 30.5 Å². The van der Waals surface area contributed by atoms with Crippen LogP contribution in [0.5, 0.6) is 0 Å². The third-order valence-corrected chi connectivity index (χ3v) is 3.54. The molecule has 2 unspecified atom stereocenters. The lowest BCUT2D eigenvalue weighted by Crippen LogP contribution is -2.49. The van der Waals surface area contributed by atoms with Crippen LogP contribution in [0, 0.1) is 0 Å². The summed E-state index contributed by atoms with van der Waals surface area (Å²) in [5.41, 5.74) is 6.24. The summed E-state index contributed by atoms with van der Waals surface area (Å²) in [6, 6.07) is 0. The number of nitrogens with two attached hydrogens (primary N) is 1. The molecule has 2 heterocycles. The van der Waals surface area contributed by atoms with E-state index in [1.165, 1.54) is 0 Å². The maximum Gasteiger partial charge on any atom is 0.0647 e. The number of rotatable bonds is 2. The molecule has 2 aliphatic rings. The Morgan fingerprint density at radius 1 is 1.33 bits per heavy atom. The van der Waals surface area contributed by atoms with Crippen LogP contribution in [0.1, 0.15) is 46.0 Å². The SMILES string of the molecule is CC1(C)CCC(CC2(N)CCCOC2)O1. The Hall–Kier alpha value is -0.120. The van der Waals surface area contributed by atoms with Gasteiger partial charge in [0.2, 0.25) is 0 Å². The minimum Gasteiger partial charge on any atom is -0.380 e. The largest absolute Gasteiger partial charge is 0.380 e. The molecule has 2 aliphatic heterocycles. The van der Waals surface area contributed by atoms with E-state index in [2.05, 4.69) is 13.8 Å². The first-order valence-corrected chi connectivity index (χ1v) is 6.04. The Morgan fingerprint density at radius 2 is 2.13 bits per heavy atom. The van der Waals surface area contributed by atoms with Gasteiger partial charge in [0, 0.05) is 12.1 Å². The van der Waals surface area contributed by atoms with Gasteiger partial charge in [-0.25, -0.2) is 0 Å². The lowest BCUT2D eigenvalue weighted by molar-refractivity contribution is -0.0446. The zero-order valence-corrected chi connectivity index (χ0v) is 9.92. The first-order valence-electron chi connectivity index (χ1n) is 6.04. The van der Waals surface area contributed by atoms with Crippen LogP contribution < -0.4 is 5.73 Å². The van der Waals surface area contributed by atoms with E-state index in [0.29, 0.717) is 12.7 Å². The first-order chi connectivity index (χ1) is 6.99. The fourth-order valence-electron chi connectivity index (χ4n) is 2.71. The van der Waals surface area contributed by atoms with Crippen molar-refractivity contribution in [2.24, 2.45) is 5.73 Å². The van der Waals surface area contributed by atoms with Crippen LogP contribution in [-0.2, 0) is 9.47 Å². The van der Waals surface area contributed by atoms with E-state index in [1.807, 2.05) is 0 Å². The molecule has 2 N–H and O–H groups in total. The van der Waals surface area contributed by atoms with E-state index in [1.54, 1.807) is 0 Å². The van der Waals surface area contributed by atoms with Crippen LogP contribution in [0.15, 0.2) is 0 Å². The zero-order valence-electron chi connectivity index (χ0n) is 9.92. The third kappa shape index (κ3) is 2.92. The fourth-order valence-corrected chi connectivity index (χ4v) is 2.71. The topological polar surface area (TPSA) is 44.5 Å². The van der Waals surface area contributed by atoms with Gasteiger partial charge in [-0.15, -0.1) is 0 Å². The van der Waals surface area contributed by atoms with Gasteiger partial charge in [-0.05, 0) is 46.0 Å². The van der Waals surface area contributed by atoms with Crippen molar-refractivity contribution in [3.63, 3.8) is 0 Å². The van der Waals surface area contributed by atoms with Crippen LogP contribution in [0.4, 0.5) is 0 Å². The van der Waals surface area contributed by atoms with Crippen molar-refractivity contribution in [2.75, 3.05) is 13.2 Å². The van der Waals surface area contributed by atoms with Crippen molar-refractivity contribution in [1.82, 2.24) is 0 Å². The van der Waals surface area contributed by atoms with Crippen molar-refractivity contribution >= 4 is 0 Å². The van der Waals surface area contributed by atoms with E-state index < -0.39 is 0 Å². The van der Waals surface area contributed by atoms with Gasteiger partial charge >= 0.3 is 0 Å². The van der Waals surface area contributed by atoms with Crippen LogP contribution in [0.25, 0.3) is 0 Å². The Labute approximate surface area is 92.3 Å². The normalized spacial score (nSPS) is 40.6. The summed E-state index contributed by atoms with van der Waals surface area (Å²) in [5, 5.41) is 0. The molecule has 0 radical (unpaired) electrons. The molecular formula is C12H23NO2. The molecule has 0 aliphatic carbocycles. The minimum atomic E-state index is -0.136. The highest BCUT2D eigenvalue weighted by molar-refractivity contribution is 4.92. The summed E-state index contributed by atoms with van der Waals surface area (Å²) in [6.45, 7) is 5.89. The molecule has 0 amide bonds. The van der Waals surface area contributed by atoms with Crippen molar-refractivity contribution in [1.29, 1.82) is 0 Å². The number of hydrogen-bond acceptors (Lipinski definition) is 3. The lowest BCUT2D eigenvalue weighted by atomic mass is 9.87. The van der Waals surface area contributed by atoms with Gasteiger partial charge in [0.25, 0.3) is 0 Å². The predicted molar refractivity (Wildman–Crippen MR) is 59.8 cm³/mol. The average molecular weight is 213 g/mol. The number of ether oxygens (including phenoxy) is 2. The highest BCUT2D eigenvalue weighted by Gasteiger charge is 2.38. The molecule has 0 spiro atoms. The quantitative estimate of drug-likeness (QED) is 0.761. The van der Waals surface area contributed by atoms with Gasteiger partial charge in [0.05, 0.1) is 18.3 Å². The fraction of sp³-hybridized carbons (Fsp3) is 1.00. The monoisotopic (exact) mass is 213 g/mol. The average Bonchev–Trinajstić information content (AvgIpc) is 2.45. The van der Waals surface area contributed by atoms with Gasteiger partial charge in [0.15, 0.2) is 0 Å². The molecule has 3 heteroatoms. The predicted octanol–water partition coefficient (Wildman–Crippen LogP) is 1.84. The zero-order chi connectivity index (χ0) is 10.9. The van der Waals surface area contributed by atoms with E-state index in [4.69, 9.17) is 15.2 Å². The molecular weight excluding hydrogens is 190 g/mol. The Balaban J connectivity index is 1.86. The molecule has 2 fully saturated rings. The second kappa shape index (κ2) is 4.04. The van der Waals surface area contributed by atoms with Crippen LogP contribution in [0.3, 0.4) is 0 Å². The van der Waals surface area contributed by atoms with Crippen molar-refractivity contribution in [2.45, 2.75) is 63.2 Å². The molecule has 15 heavy (non-hydrogen) atoms. The Kier molecular flexibility index (Phi) is 3.06. The minimum absolute atomic E-state index is 0.0521. The van der Waals surface area contributed by atoms with Gasteiger partial charge < -0.3 is 15.2 Å². The van der Waals surface area contributed by atoms with E-state index in [-0.39, 0.29) is 11.1 Å². The first kappa shape index (κ1) is 11.4. The van der Waals surface area contributed by atoms with Crippen LogP contribution in [0.2, 0.25) is 0 Å². The van der Waals surface area contributed by atoms with Gasteiger partial charge in [-0.1, -0.05) is 0 Å². The molecule has 0 bridgehead atoms. The molecule has 88 valence electrons. The van der Waals surface area contributed by atoms with Gasteiger partial charge in [0.1, 0.15) is 0 Å². The van der Waals surface area contributed by atoms with Crippen molar-refractivity contribution in [3.05, 3.63) is 0 Å². The summed E-state index contributed by atoms with van der Waals surface area (Å²) in [7, 11) is 0. The van der Waals surface area contributed by atoms with Crippen LogP contribution >= 0.6 is 0 Å². The molecule has 2 rings (SSSR count). The maximum atomic E-state index is 6.32. The second-order valence-electron chi connectivity index (χ2n) is 5.76. The third-order valence-electron chi connectivity index (χ3n) is 3.54. The molecule has 0 saturated carbocycles. The van der Waals surface area contributed by atoms with E-state index in [9.17, 15) is 0 Å². The highest BCUT2D eigenvalue weighted by atomic mass is 16.5. The second-order valence-corrected chi connectivity index (χ2v) is 5.76. The van der Waals surface area contributed by atoms with Gasteiger partial charge in [-0.3, -0.25) is 0 Å². The highest BCUT2D eigenvalue weighted by Crippen LogP contribution is 2.34. The van der Waals surface area contributed by atoms with Crippen molar-refractivity contribution in [3.8, 4) is 0 Å². The standard InChI is InChI=1S/C12H23NO2/c1-11(2)6-4-10(15-11)8-12(13)5-3-7-14-9-12/h10H,3-9,13H2,1-2H3. The maximum absolute atomic E-state index is 6.32. The number of hydrogen-bond donors (Lipinski definition) is 1. The van der Waals surface area contributed by atoms with E-state index >= 15 is 0 Å². The smallest absolute Gasteiger partial charge is 0.0647 e. The van der Waals surface area contributed by atoms with Crippen molar-refractivity contribution < 1.29 is 9.47 Å². The molecule has 0 aromatic rings. The Morgan fingerprint density at radius 3 is 2.67 bits per heavy atom. The summed E-state index contributed by atoms with van der Waals surface area (Å²) in [4.78, 5) is 0. The Bertz CT molecular complexity index is 222. The summed E-state index contributed by atoms with van der Waals surface area (Å²) in [6.07, 6.45) is 5.75. The summed E-state index contributed by atoms with van der Waals surface area (Å²) in [5.74, 6) is 0. The molecule has 3 nitrogen and oxygen atoms in total. The van der Waals surface area contributed by atoms with Gasteiger partial charge in [-0.2, -0.15) is 0 Å². The molecule has 0 aromatic carbocycles.